The summed E-state index contributed by atoms with van der Waals surface area (Å²) in [4.78, 5) is 13.5. The van der Waals surface area contributed by atoms with Gasteiger partial charge in [0.2, 0.25) is 0 Å². The second kappa shape index (κ2) is 2.77. The Labute approximate surface area is 70.4 Å². The van der Waals surface area contributed by atoms with E-state index < -0.39 is 0 Å². The summed E-state index contributed by atoms with van der Waals surface area (Å²) in [6, 6.07) is 0. The third-order valence-corrected chi connectivity index (χ3v) is 2.60. The summed E-state index contributed by atoms with van der Waals surface area (Å²) in [5, 5.41) is 6.34. The molecule has 1 aromatic heterocycles. The molecule has 0 aromatic carbocycles. The van der Waals surface area contributed by atoms with E-state index in [-0.39, 0.29) is 5.69 Å². The summed E-state index contributed by atoms with van der Waals surface area (Å²) < 4.78 is 0. The number of aromatic nitrogens is 3. The van der Waals surface area contributed by atoms with Crippen molar-refractivity contribution in [2.45, 2.75) is 32.1 Å². The zero-order chi connectivity index (χ0) is 8.55. The highest BCUT2D eigenvalue weighted by Gasteiger charge is 2.24. The van der Waals surface area contributed by atoms with Crippen LogP contribution in [-0.4, -0.2) is 15.2 Å². The Balaban J connectivity index is 2.16. The molecular formula is C8H13N3O. The third kappa shape index (κ3) is 1.29. The number of nitrogens with zero attached hydrogens (tertiary/aromatic N) is 1. The van der Waals surface area contributed by atoms with Crippen molar-refractivity contribution in [1.29, 1.82) is 0 Å². The average molecular weight is 167 g/mol. The van der Waals surface area contributed by atoms with E-state index in [0.29, 0.717) is 5.92 Å². The highest BCUT2D eigenvalue weighted by atomic mass is 16.1. The quantitative estimate of drug-likeness (QED) is 0.655. The lowest BCUT2D eigenvalue weighted by atomic mass is 10.1. The Hall–Kier alpha value is -1.06. The summed E-state index contributed by atoms with van der Waals surface area (Å²) in [5.74, 6) is 2.08. The molecule has 1 heterocycles. The molecule has 4 heteroatoms. The fraction of sp³-hybridized carbons (Fsp3) is 0.750. The Morgan fingerprint density at radius 2 is 2.33 bits per heavy atom. The Kier molecular flexibility index (Phi) is 1.75. The van der Waals surface area contributed by atoms with Crippen LogP contribution in [0.3, 0.4) is 0 Å². The molecular weight excluding hydrogens is 154 g/mol. The molecule has 2 N–H and O–H groups in total. The van der Waals surface area contributed by atoms with Gasteiger partial charge in [-0.15, -0.1) is 0 Å². The highest BCUT2D eigenvalue weighted by Crippen LogP contribution is 2.35. The summed E-state index contributed by atoms with van der Waals surface area (Å²) in [7, 11) is 0. The maximum absolute atomic E-state index is 10.8. The van der Waals surface area contributed by atoms with Gasteiger partial charge in [0.25, 0.3) is 0 Å². The first kappa shape index (κ1) is 7.58. The molecule has 0 saturated heterocycles. The summed E-state index contributed by atoms with van der Waals surface area (Å²) in [5.41, 5.74) is -0.190. The van der Waals surface area contributed by atoms with Crippen LogP contribution in [0.1, 0.15) is 37.9 Å². The second-order valence-electron chi connectivity index (χ2n) is 3.68. The summed E-state index contributed by atoms with van der Waals surface area (Å²) in [6.45, 7) is 2.24. The van der Waals surface area contributed by atoms with Gasteiger partial charge >= 0.3 is 5.69 Å². The van der Waals surface area contributed by atoms with Gasteiger partial charge in [0, 0.05) is 5.92 Å². The lowest BCUT2D eigenvalue weighted by molar-refractivity contribution is 0.586. The van der Waals surface area contributed by atoms with Crippen molar-refractivity contribution < 1.29 is 0 Å². The minimum atomic E-state index is -0.190. The molecule has 66 valence electrons. The van der Waals surface area contributed by atoms with E-state index >= 15 is 0 Å². The lowest BCUT2D eigenvalue weighted by Crippen LogP contribution is -2.02. The van der Waals surface area contributed by atoms with E-state index in [1.165, 1.54) is 6.42 Å². The van der Waals surface area contributed by atoms with Gasteiger partial charge in [-0.05, 0) is 25.2 Å². The molecule has 1 fully saturated rings. The van der Waals surface area contributed by atoms with E-state index in [4.69, 9.17) is 0 Å². The van der Waals surface area contributed by atoms with Crippen LogP contribution in [-0.2, 0) is 0 Å². The molecule has 12 heavy (non-hydrogen) atoms. The minimum Gasteiger partial charge on any atom is -0.293 e. The van der Waals surface area contributed by atoms with E-state index in [0.717, 1.165) is 24.6 Å². The number of nitrogens with one attached hydrogen (secondary N) is 2. The molecule has 0 bridgehead atoms. The first-order valence-electron chi connectivity index (χ1n) is 4.40. The van der Waals surface area contributed by atoms with Crippen molar-refractivity contribution in [3.63, 3.8) is 0 Å². The highest BCUT2D eigenvalue weighted by molar-refractivity contribution is 4.97. The van der Waals surface area contributed by atoms with Gasteiger partial charge in [0.15, 0.2) is 0 Å². The molecule has 2 rings (SSSR count). The molecule has 4 nitrogen and oxygen atoms in total. The van der Waals surface area contributed by atoms with Crippen LogP contribution < -0.4 is 5.69 Å². The van der Waals surface area contributed by atoms with Crippen LogP contribution >= 0.6 is 0 Å². The van der Waals surface area contributed by atoms with Gasteiger partial charge in [0.1, 0.15) is 5.82 Å². The molecule has 0 spiro atoms. The largest absolute Gasteiger partial charge is 0.340 e. The van der Waals surface area contributed by atoms with Gasteiger partial charge in [0.05, 0.1) is 0 Å². The topological polar surface area (TPSA) is 61.5 Å². The fourth-order valence-corrected chi connectivity index (χ4v) is 1.93. The second-order valence-corrected chi connectivity index (χ2v) is 3.68. The molecule has 0 radical (unpaired) electrons. The number of hydrogen-bond acceptors (Lipinski definition) is 2. The van der Waals surface area contributed by atoms with Crippen LogP contribution in [0, 0.1) is 5.92 Å². The zero-order valence-corrected chi connectivity index (χ0v) is 7.13. The number of rotatable bonds is 1. The molecule has 2 atom stereocenters. The first-order valence-corrected chi connectivity index (χ1v) is 4.40. The molecule has 1 saturated carbocycles. The average Bonchev–Trinajstić information content (AvgIpc) is 2.58. The normalized spacial score (nSPS) is 29.4. The zero-order valence-electron chi connectivity index (χ0n) is 7.13. The standard InChI is InChI=1S/C8H13N3O/c1-5-2-3-6(4-5)7-9-8(12)11-10-7/h5-6H,2-4H2,1H3,(H2,9,10,11,12). The third-order valence-electron chi connectivity index (χ3n) is 2.60. The monoisotopic (exact) mass is 167 g/mol. The van der Waals surface area contributed by atoms with Crippen molar-refractivity contribution in [2.75, 3.05) is 0 Å². The molecule has 0 amide bonds. The molecule has 0 aliphatic heterocycles. The van der Waals surface area contributed by atoms with Crippen LogP contribution in [0.25, 0.3) is 0 Å². The van der Waals surface area contributed by atoms with Crippen LogP contribution in [0.2, 0.25) is 0 Å². The van der Waals surface area contributed by atoms with Gasteiger partial charge in [-0.25, -0.2) is 9.89 Å². The smallest absolute Gasteiger partial charge is 0.293 e. The van der Waals surface area contributed by atoms with Crippen molar-refractivity contribution in [1.82, 2.24) is 15.2 Å². The van der Waals surface area contributed by atoms with Crippen LogP contribution in [0.4, 0.5) is 0 Å². The van der Waals surface area contributed by atoms with E-state index in [1.54, 1.807) is 0 Å². The van der Waals surface area contributed by atoms with Crippen LogP contribution in [0.5, 0.6) is 0 Å². The fourth-order valence-electron chi connectivity index (χ4n) is 1.93. The Morgan fingerprint density at radius 3 is 2.83 bits per heavy atom. The van der Waals surface area contributed by atoms with Crippen molar-refractivity contribution in [2.24, 2.45) is 5.92 Å². The van der Waals surface area contributed by atoms with E-state index in [1.807, 2.05) is 0 Å². The van der Waals surface area contributed by atoms with Crippen LogP contribution in [0.15, 0.2) is 4.79 Å². The number of H-pyrrole nitrogens is 2. The maximum atomic E-state index is 10.8. The predicted molar refractivity (Wildman–Crippen MR) is 45.0 cm³/mol. The Bertz CT molecular complexity index is 314. The molecule has 2 unspecified atom stereocenters. The van der Waals surface area contributed by atoms with Gasteiger partial charge in [-0.3, -0.25) is 4.98 Å². The van der Waals surface area contributed by atoms with Crippen molar-refractivity contribution in [3.05, 3.63) is 16.3 Å². The van der Waals surface area contributed by atoms with Gasteiger partial charge in [-0.1, -0.05) is 6.92 Å². The SMILES string of the molecule is CC1CCC(c2n[nH]c(=O)[nH]2)C1. The summed E-state index contributed by atoms with van der Waals surface area (Å²) >= 11 is 0. The first-order chi connectivity index (χ1) is 5.75. The van der Waals surface area contributed by atoms with Gasteiger partial charge < -0.3 is 0 Å². The van der Waals surface area contributed by atoms with Crippen molar-refractivity contribution >= 4 is 0 Å². The Morgan fingerprint density at radius 1 is 1.50 bits per heavy atom. The molecule has 1 aliphatic rings. The number of aromatic amines is 2. The van der Waals surface area contributed by atoms with E-state index in [2.05, 4.69) is 22.1 Å². The molecule has 1 aliphatic carbocycles. The summed E-state index contributed by atoms with van der Waals surface area (Å²) in [6.07, 6.45) is 3.56. The minimum absolute atomic E-state index is 0.190. The number of hydrogen-bond donors (Lipinski definition) is 2. The van der Waals surface area contributed by atoms with Crippen molar-refractivity contribution in [3.8, 4) is 0 Å². The van der Waals surface area contributed by atoms with Gasteiger partial charge in [-0.2, -0.15) is 5.10 Å². The molecule has 1 aromatic rings. The van der Waals surface area contributed by atoms with E-state index in [9.17, 15) is 4.79 Å². The predicted octanol–water partition coefficient (Wildman–Crippen LogP) is 1.00. The lowest BCUT2D eigenvalue weighted by Gasteiger charge is -2.02. The maximum Gasteiger partial charge on any atom is 0.340 e.